The van der Waals surface area contributed by atoms with Gasteiger partial charge in [-0.15, -0.1) is 0 Å². The van der Waals surface area contributed by atoms with Crippen molar-refractivity contribution in [3.05, 3.63) is 54.1 Å². The Hall–Kier alpha value is -2.00. The first-order valence-electron chi connectivity index (χ1n) is 6.99. The summed E-state index contributed by atoms with van der Waals surface area (Å²) in [5.41, 5.74) is 7.13. The van der Waals surface area contributed by atoms with Gasteiger partial charge in [0, 0.05) is 6.04 Å². The maximum atomic E-state index is 6.04. The second kappa shape index (κ2) is 6.96. The topological polar surface area (TPSA) is 44.5 Å². The predicted octanol–water partition coefficient (Wildman–Crippen LogP) is 4.29. The second-order valence-electron chi connectivity index (χ2n) is 4.59. The standard InChI is InChI=1S/C17H21NO2/c1-3-17(18)13-6-5-7-16(12-13)20-15-10-8-14(9-11-15)19-4-2/h5-12,17H,3-4,18H2,1-2H3. The summed E-state index contributed by atoms with van der Waals surface area (Å²) in [6, 6.07) is 15.6. The fourth-order valence-corrected chi connectivity index (χ4v) is 1.95. The average Bonchev–Trinajstić information content (AvgIpc) is 2.49. The Labute approximate surface area is 120 Å². The number of nitrogens with two attached hydrogens (primary N) is 1. The first-order valence-corrected chi connectivity index (χ1v) is 6.99. The van der Waals surface area contributed by atoms with Crippen LogP contribution in [0.25, 0.3) is 0 Å². The molecule has 0 aliphatic rings. The maximum Gasteiger partial charge on any atom is 0.127 e. The zero-order valence-corrected chi connectivity index (χ0v) is 12.0. The molecule has 1 unspecified atom stereocenters. The number of ether oxygens (including phenoxy) is 2. The van der Waals surface area contributed by atoms with Gasteiger partial charge in [0.2, 0.25) is 0 Å². The normalized spacial score (nSPS) is 11.9. The fourth-order valence-electron chi connectivity index (χ4n) is 1.95. The summed E-state index contributed by atoms with van der Waals surface area (Å²) in [6.45, 7) is 4.70. The van der Waals surface area contributed by atoms with E-state index in [0.717, 1.165) is 29.2 Å². The predicted molar refractivity (Wildman–Crippen MR) is 81.3 cm³/mol. The molecule has 0 spiro atoms. The van der Waals surface area contributed by atoms with Gasteiger partial charge in [-0.3, -0.25) is 0 Å². The zero-order chi connectivity index (χ0) is 14.4. The zero-order valence-electron chi connectivity index (χ0n) is 12.0. The number of hydrogen-bond donors (Lipinski definition) is 1. The Morgan fingerprint density at radius 3 is 2.30 bits per heavy atom. The molecule has 0 fully saturated rings. The lowest BCUT2D eigenvalue weighted by molar-refractivity contribution is 0.339. The third-order valence-electron chi connectivity index (χ3n) is 3.10. The molecule has 0 aliphatic carbocycles. The van der Waals surface area contributed by atoms with Crippen molar-refractivity contribution in [3.8, 4) is 17.2 Å². The van der Waals surface area contributed by atoms with Gasteiger partial charge in [-0.05, 0) is 55.3 Å². The molecule has 2 N–H and O–H groups in total. The van der Waals surface area contributed by atoms with Crippen molar-refractivity contribution in [2.24, 2.45) is 5.73 Å². The van der Waals surface area contributed by atoms with Crippen LogP contribution in [-0.2, 0) is 0 Å². The van der Waals surface area contributed by atoms with Crippen LogP contribution in [0.15, 0.2) is 48.5 Å². The molecule has 0 saturated heterocycles. The van der Waals surface area contributed by atoms with E-state index in [1.54, 1.807) is 0 Å². The van der Waals surface area contributed by atoms with Crippen molar-refractivity contribution in [2.75, 3.05) is 6.61 Å². The van der Waals surface area contributed by atoms with Crippen molar-refractivity contribution in [2.45, 2.75) is 26.3 Å². The van der Waals surface area contributed by atoms with Crippen molar-refractivity contribution in [1.29, 1.82) is 0 Å². The lowest BCUT2D eigenvalue weighted by Crippen LogP contribution is -2.08. The van der Waals surface area contributed by atoms with Gasteiger partial charge < -0.3 is 15.2 Å². The molecule has 3 heteroatoms. The Balaban J connectivity index is 2.09. The summed E-state index contributed by atoms with van der Waals surface area (Å²) in [6.07, 6.45) is 0.909. The highest BCUT2D eigenvalue weighted by molar-refractivity contribution is 5.37. The van der Waals surface area contributed by atoms with Crippen LogP contribution in [0.2, 0.25) is 0 Å². The molecule has 0 aliphatic heterocycles. The van der Waals surface area contributed by atoms with Crippen LogP contribution in [0.1, 0.15) is 31.9 Å². The minimum absolute atomic E-state index is 0.0545. The summed E-state index contributed by atoms with van der Waals surface area (Å²) in [5.74, 6) is 2.44. The largest absolute Gasteiger partial charge is 0.494 e. The first-order chi connectivity index (χ1) is 9.72. The van der Waals surface area contributed by atoms with E-state index in [4.69, 9.17) is 15.2 Å². The Morgan fingerprint density at radius 2 is 1.65 bits per heavy atom. The van der Waals surface area contributed by atoms with E-state index in [-0.39, 0.29) is 6.04 Å². The molecule has 0 saturated carbocycles. The summed E-state index contributed by atoms with van der Waals surface area (Å²) in [4.78, 5) is 0. The van der Waals surface area contributed by atoms with Crippen LogP contribution in [-0.4, -0.2) is 6.61 Å². The number of hydrogen-bond acceptors (Lipinski definition) is 3. The molecule has 1 atom stereocenters. The van der Waals surface area contributed by atoms with Crippen LogP contribution < -0.4 is 15.2 Å². The SMILES string of the molecule is CCOc1ccc(Oc2cccc(C(N)CC)c2)cc1. The molecule has 0 heterocycles. The number of rotatable bonds is 6. The highest BCUT2D eigenvalue weighted by Crippen LogP contribution is 2.26. The minimum Gasteiger partial charge on any atom is -0.494 e. The van der Waals surface area contributed by atoms with Gasteiger partial charge >= 0.3 is 0 Å². The lowest BCUT2D eigenvalue weighted by atomic mass is 10.1. The van der Waals surface area contributed by atoms with E-state index < -0.39 is 0 Å². The van der Waals surface area contributed by atoms with Gasteiger partial charge in [-0.25, -0.2) is 0 Å². The number of benzene rings is 2. The van der Waals surface area contributed by atoms with Gasteiger partial charge in [0.05, 0.1) is 6.61 Å². The molecule has 0 bridgehead atoms. The smallest absolute Gasteiger partial charge is 0.127 e. The van der Waals surface area contributed by atoms with Gasteiger partial charge in [0.15, 0.2) is 0 Å². The molecule has 0 radical (unpaired) electrons. The Bertz CT molecular complexity index is 537. The fraction of sp³-hybridized carbons (Fsp3) is 0.294. The van der Waals surface area contributed by atoms with E-state index in [0.29, 0.717) is 6.61 Å². The van der Waals surface area contributed by atoms with Crippen LogP contribution in [0.4, 0.5) is 0 Å². The molecule has 2 aromatic rings. The minimum atomic E-state index is 0.0545. The average molecular weight is 271 g/mol. The molecular weight excluding hydrogens is 250 g/mol. The molecule has 20 heavy (non-hydrogen) atoms. The summed E-state index contributed by atoms with van der Waals surface area (Å²) >= 11 is 0. The summed E-state index contributed by atoms with van der Waals surface area (Å²) < 4.78 is 11.2. The lowest BCUT2D eigenvalue weighted by Gasteiger charge is -2.12. The molecule has 2 rings (SSSR count). The first kappa shape index (κ1) is 14.4. The van der Waals surface area contributed by atoms with Crippen molar-refractivity contribution < 1.29 is 9.47 Å². The third-order valence-corrected chi connectivity index (χ3v) is 3.10. The highest BCUT2D eigenvalue weighted by atomic mass is 16.5. The summed E-state index contributed by atoms with van der Waals surface area (Å²) in [5, 5.41) is 0. The van der Waals surface area contributed by atoms with Crippen LogP contribution >= 0.6 is 0 Å². The van der Waals surface area contributed by atoms with Crippen LogP contribution in [0.5, 0.6) is 17.2 Å². The third kappa shape index (κ3) is 3.75. The Kier molecular flexibility index (Phi) is 5.02. The van der Waals surface area contributed by atoms with Gasteiger partial charge in [-0.2, -0.15) is 0 Å². The maximum absolute atomic E-state index is 6.04. The second-order valence-corrected chi connectivity index (χ2v) is 4.59. The monoisotopic (exact) mass is 271 g/mol. The van der Waals surface area contributed by atoms with Crippen LogP contribution in [0, 0.1) is 0 Å². The summed E-state index contributed by atoms with van der Waals surface area (Å²) in [7, 11) is 0. The molecular formula is C17H21NO2. The van der Waals surface area contributed by atoms with E-state index >= 15 is 0 Å². The van der Waals surface area contributed by atoms with Crippen molar-refractivity contribution >= 4 is 0 Å². The molecule has 106 valence electrons. The highest BCUT2D eigenvalue weighted by Gasteiger charge is 2.05. The molecule has 3 nitrogen and oxygen atoms in total. The molecule has 2 aromatic carbocycles. The van der Waals surface area contributed by atoms with Gasteiger partial charge in [-0.1, -0.05) is 19.1 Å². The van der Waals surface area contributed by atoms with Gasteiger partial charge in [0.25, 0.3) is 0 Å². The van der Waals surface area contributed by atoms with Crippen molar-refractivity contribution in [3.63, 3.8) is 0 Å². The quantitative estimate of drug-likeness (QED) is 0.852. The van der Waals surface area contributed by atoms with E-state index in [1.807, 2.05) is 55.5 Å². The van der Waals surface area contributed by atoms with Gasteiger partial charge in [0.1, 0.15) is 17.2 Å². The van der Waals surface area contributed by atoms with Crippen LogP contribution in [0.3, 0.4) is 0 Å². The van der Waals surface area contributed by atoms with Crippen molar-refractivity contribution in [1.82, 2.24) is 0 Å². The van der Waals surface area contributed by atoms with E-state index in [1.165, 1.54) is 0 Å². The Morgan fingerprint density at radius 1 is 0.950 bits per heavy atom. The molecule has 0 aromatic heterocycles. The van der Waals surface area contributed by atoms with E-state index in [2.05, 4.69) is 6.92 Å². The molecule has 0 amide bonds. The van der Waals surface area contributed by atoms with E-state index in [9.17, 15) is 0 Å².